The average Bonchev–Trinajstić information content (AvgIpc) is 3.47. The molecule has 0 N–H and O–H groups in total. The maximum absolute atomic E-state index is 6.49. The van der Waals surface area contributed by atoms with Crippen LogP contribution in [0.4, 0.5) is 0 Å². The standard InChI is InChI=1S/C42H24N2O/c1-2-11-26(12-3-1)40-33-20-18-25-10-4-5-13-28(25)41(33)44-42(43-40)27-19-21-38-36(22-27)37-23-34-31-16-8-6-14-29(31)30-15-7-9-17-32(30)35(34)24-39(37)45-38/h1-24H. The van der Waals surface area contributed by atoms with Gasteiger partial charge in [0, 0.05) is 32.7 Å². The number of furan rings is 1. The van der Waals surface area contributed by atoms with Gasteiger partial charge in [-0.25, -0.2) is 9.97 Å². The highest BCUT2D eigenvalue weighted by atomic mass is 16.3. The number of hydrogen-bond donors (Lipinski definition) is 0. The van der Waals surface area contributed by atoms with Crippen LogP contribution < -0.4 is 0 Å². The van der Waals surface area contributed by atoms with E-state index in [-0.39, 0.29) is 0 Å². The first-order valence-electron chi connectivity index (χ1n) is 15.2. The van der Waals surface area contributed by atoms with Gasteiger partial charge in [-0.2, -0.15) is 0 Å². The Labute approximate surface area is 258 Å². The molecule has 0 spiro atoms. The van der Waals surface area contributed by atoms with Crippen LogP contribution in [0.25, 0.3) is 98.6 Å². The summed E-state index contributed by atoms with van der Waals surface area (Å²) in [5.74, 6) is 0.700. The smallest absolute Gasteiger partial charge is 0.160 e. The lowest BCUT2D eigenvalue weighted by atomic mass is 9.93. The second-order valence-corrected chi connectivity index (χ2v) is 11.7. The van der Waals surface area contributed by atoms with Crippen molar-refractivity contribution in [1.29, 1.82) is 0 Å². The number of hydrogen-bond acceptors (Lipinski definition) is 3. The van der Waals surface area contributed by atoms with Crippen LogP contribution in [-0.2, 0) is 0 Å². The molecule has 0 aliphatic heterocycles. The average molecular weight is 573 g/mol. The van der Waals surface area contributed by atoms with Gasteiger partial charge in [0.1, 0.15) is 11.2 Å². The van der Waals surface area contributed by atoms with E-state index in [2.05, 4.69) is 140 Å². The molecule has 0 bridgehead atoms. The number of aromatic nitrogens is 2. The monoisotopic (exact) mass is 572 g/mol. The van der Waals surface area contributed by atoms with Gasteiger partial charge < -0.3 is 4.42 Å². The lowest BCUT2D eigenvalue weighted by molar-refractivity contribution is 0.669. The molecular weight excluding hydrogens is 548 g/mol. The quantitative estimate of drug-likeness (QED) is 0.193. The Morgan fingerprint density at radius 1 is 0.356 bits per heavy atom. The van der Waals surface area contributed by atoms with Gasteiger partial charge in [-0.15, -0.1) is 0 Å². The molecule has 0 amide bonds. The molecule has 0 saturated carbocycles. The van der Waals surface area contributed by atoms with Crippen molar-refractivity contribution in [2.75, 3.05) is 0 Å². The van der Waals surface area contributed by atoms with Gasteiger partial charge in [0.15, 0.2) is 5.82 Å². The molecule has 10 rings (SSSR count). The van der Waals surface area contributed by atoms with Crippen LogP contribution >= 0.6 is 0 Å². The molecule has 45 heavy (non-hydrogen) atoms. The number of benzene rings is 8. The van der Waals surface area contributed by atoms with Crippen LogP contribution in [0.5, 0.6) is 0 Å². The minimum atomic E-state index is 0.700. The molecule has 10 aromatic rings. The summed E-state index contributed by atoms with van der Waals surface area (Å²) >= 11 is 0. The summed E-state index contributed by atoms with van der Waals surface area (Å²) in [5.41, 5.74) is 5.65. The van der Waals surface area contributed by atoms with Crippen molar-refractivity contribution >= 4 is 75.9 Å². The van der Waals surface area contributed by atoms with E-state index >= 15 is 0 Å². The predicted molar refractivity (Wildman–Crippen MR) is 188 cm³/mol. The van der Waals surface area contributed by atoms with Crippen LogP contribution in [-0.4, -0.2) is 9.97 Å². The molecule has 0 fully saturated rings. The summed E-state index contributed by atoms with van der Waals surface area (Å²) in [6.45, 7) is 0. The fraction of sp³-hybridized carbons (Fsp3) is 0. The number of nitrogens with zero attached hydrogens (tertiary/aromatic N) is 2. The zero-order valence-corrected chi connectivity index (χ0v) is 24.2. The first-order chi connectivity index (χ1) is 22.3. The molecule has 2 heterocycles. The third kappa shape index (κ3) is 3.58. The van der Waals surface area contributed by atoms with Crippen molar-refractivity contribution < 1.29 is 4.42 Å². The van der Waals surface area contributed by atoms with Gasteiger partial charge in [-0.05, 0) is 74.1 Å². The highest BCUT2D eigenvalue weighted by molar-refractivity contribution is 6.28. The Bertz CT molecular complexity index is 2810. The van der Waals surface area contributed by atoms with E-state index in [9.17, 15) is 0 Å². The zero-order valence-electron chi connectivity index (χ0n) is 24.2. The first kappa shape index (κ1) is 24.4. The summed E-state index contributed by atoms with van der Waals surface area (Å²) in [4.78, 5) is 10.4. The molecule has 208 valence electrons. The van der Waals surface area contributed by atoms with Crippen molar-refractivity contribution in [2.45, 2.75) is 0 Å². The summed E-state index contributed by atoms with van der Waals surface area (Å²) in [6, 6.07) is 51.3. The molecule has 2 aromatic heterocycles. The number of fused-ring (bicyclic) bond motifs is 12. The van der Waals surface area contributed by atoms with E-state index in [1.807, 2.05) is 6.07 Å². The van der Waals surface area contributed by atoms with Gasteiger partial charge in [0.05, 0.1) is 11.2 Å². The molecule has 3 heteroatoms. The van der Waals surface area contributed by atoms with Crippen molar-refractivity contribution in [2.24, 2.45) is 0 Å². The maximum atomic E-state index is 6.49. The highest BCUT2D eigenvalue weighted by Crippen LogP contribution is 2.41. The Kier molecular flexibility index (Phi) is 5.00. The van der Waals surface area contributed by atoms with Gasteiger partial charge in [-0.3, -0.25) is 0 Å². The van der Waals surface area contributed by atoms with Crippen molar-refractivity contribution in [3.05, 3.63) is 146 Å². The summed E-state index contributed by atoms with van der Waals surface area (Å²) < 4.78 is 6.49. The molecule has 0 aliphatic carbocycles. The maximum Gasteiger partial charge on any atom is 0.160 e. The summed E-state index contributed by atoms with van der Waals surface area (Å²) in [6.07, 6.45) is 0. The summed E-state index contributed by atoms with van der Waals surface area (Å²) in [5, 5.41) is 12.9. The predicted octanol–water partition coefficient (Wildman–Crippen LogP) is 11.5. The van der Waals surface area contributed by atoms with Crippen LogP contribution in [0, 0.1) is 0 Å². The van der Waals surface area contributed by atoms with E-state index in [0.717, 1.165) is 60.4 Å². The van der Waals surface area contributed by atoms with Gasteiger partial charge in [0.25, 0.3) is 0 Å². The molecule has 0 saturated heterocycles. The molecule has 0 unspecified atom stereocenters. The molecule has 0 radical (unpaired) electrons. The summed E-state index contributed by atoms with van der Waals surface area (Å²) in [7, 11) is 0. The Morgan fingerprint density at radius 2 is 0.978 bits per heavy atom. The van der Waals surface area contributed by atoms with Crippen molar-refractivity contribution in [3.8, 4) is 22.6 Å². The third-order valence-corrected chi connectivity index (χ3v) is 9.23. The van der Waals surface area contributed by atoms with Crippen LogP contribution in [0.15, 0.2) is 150 Å². The molecule has 0 aliphatic rings. The van der Waals surface area contributed by atoms with Gasteiger partial charge >= 0.3 is 0 Å². The highest BCUT2D eigenvalue weighted by Gasteiger charge is 2.17. The first-order valence-corrected chi connectivity index (χ1v) is 15.2. The minimum Gasteiger partial charge on any atom is -0.456 e. The normalized spacial score (nSPS) is 12.0. The SMILES string of the molecule is c1ccc(-c2nc(-c3ccc4oc5cc6c7ccccc7c7ccccc7c6cc5c4c3)nc3c2ccc2ccccc23)cc1. The Hall–Kier alpha value is -6.06. The molecule has 8 aromatic carbocycles. The van der Waals surface area contributed by atoms with Crippen LogP contribution in [0.2, 0.25) is 0 Å². The fourth-order valence-electron chi connectivity index (χ4n) is 7.12. The van der Waals surface area contributed by atoms with E-state index in [1.54, 1.807) is 0 Å². The molecule has 3 nitrogen and oxygen atoms in total. The Morgan fingerprint density at radius 3 is 1.73 bits per heavy atom. The third-order valence-electron chi connectivity index (χ3n) is 9.23. The van der Waals surface area contributed by atoms with Crippen molar-refractivity contribution in [1.82, 2.24) is 9.97 Å². The largest absolute Gasteiger partial charge is 0.456 e. The second kappa shape index (κ2) is 9.22. The second-order valence-electron chi connectivity index (χ2n) is 11.7. The lowest BCUT2D eigenvalue weighted by Gasteiger charge is -2.11. The van der Waals surface area contributed by atoms with Gasteiger partial charge in [-0.1, -0.05) is 109 Å². The van der Waals surface area contributed by atoms with E-state index in [1.165, 1.54) is 32.3 Å². The van der Waals surface area contributed by atoms with Gasteiger partial charge in [0.2, 0.25) is 0 Å². The van der Waals surface area contributed by atoms with E-state index in [0.29, 0.717) is 5.82 Å². The Balaban J connectivity index is 1.26. The minimum absolute atomic E-state index is 0.700. The van der Waals surface area contributed by atoms with Crippen molar-refractivity contribution in [3.63, 3.8) is 0 Å². The van der Waals surface area contributed by atoms with Crippen LogP contribution in [0.1, 0.15) is 0 Å². The van der Waals surface area contributed by atoms with Crippen LogP contribution in [0.3, 0.4) is 0 Å². The number of rotatable bonds is 2. The zero-order chi connectivity index (χ0) is 29.5. The topological polar surface area (TPSA) is 38.9 Å². The van der Waals surface area contributed by atoms with E-state index < -0.39 is 0 Å². The lowest BCUT2D eigenvalue weighted by Crippen LogP contribution is -1.96. The van der Waals surface area contributed by atoms with E-state index in [4.69, 9.17) is 14.4 Å². The molecular formula is C42H24N2O. The molecule has 0 atom stereocenters. The fourth-order valence-corrected chi connectivity index (χ4v) is 7.12.